The van der Waals surface area contributed by atoms with Crippen molar-refractivity contribution >= 4 is 44.8 Å². The van der Waals surface area contributed by atoms with Crippen LogP contribution >= 0.6 is 11.6 Å². The fourth-order valence-electron chi connectivity index (χ4n) is 2.35. The maximum Gasteiger partial charge on any atom is 0.243 e. The van der Waals surface area contributed by atoms with Gasteiger partial charge in [-0.15, -0.1) is 0 Å². The Morgan fingerprint density at radius 2 is 1.64 bits per heavy atom. The molecule has 2 aromatic carbocycles. The van der Waals surface area contributed by atoms with Gasteiger partial charge in [-0.25, -0.2) is 12.8 Å². The van der Waals surface area contributed by atoms with Gasteiger partial charge in [-0.2, -0.15) is 4.31 Å². The molecule has 0 aliphatic heterocycles. The van der Waals surface area contributed by atoms with Gasteiger partial charge in [0.25, 0.3) is 0 Å². The smallest absolute Gasteiger partial charge is 0.243 e. The highest BCUT2D eigenvalue weighted by Gasteiger charge is 2.26. The minimum atomic E-state index is -4.02. The van der Waals surface area contributed by atoms with Crippen molar-refractivity contribution in [2.45, 2.75) is 18.7 Å². The van der Waals surface area contributed by atoms with E-state index in [0.717, 1.165) is 22.5 Å². The van der Waals surface area contributed by atoms with Gasteiger partial charge in [-0.3, -0.25) is 9.59 Å². The minimum Gasteiger partial charge on any atom is -0.326 e. The second-order valence-corrected chi connectivity index (χ2v) is 8.16. The number of hydrogen-bond donors (Lipinski definition) is 2. The summed E-state index contributed by atoms with van der Waals surface area (Å²) in [5, 5.41) is 4.87. The normalized spacial score (nSPS) is 11.3. The number of benzene rings is 2. The topological polar surface area (TPSA) is 95.6 Å². The third-order valence-corrected chi connectivity index (χ3v) is 5.90. The predicted molar refractivity (Wildman–Crippen MR) is 105 cm³/mol. The average molecular weight is 428 g/mol. The number of carbonyl (C=O) groups excluding carboxylic acids is 2. The van der Waals surface area contributed by atoms with Crippen LogP contribution in [0.1, 0.15) is 13.8 Å². The molecule has 10 heteroatoms. The van der Waals surface area contributed by atoms with E-state index in [0.29, 0.717) is 11.4 Å². The first-order chi connectivity index (χ1) is 13.1. The zero-order valence-corrected chi connectivity index (χ0v) is 16.8. The van der Waals surface area contributed by atoms with Gasteiger partial charge < -0.3 is 10.6 Å². The number of anilines is 2. The molecule has 150 valence electrons. The van der Waals surface area contributed by atoms with Crippen molar-refractivity contribution < 1.29 is 22.4 Å². The first-order valence-corrected chi connectivity index (χ1v) is 10.1. The molecule has 2 aromatic rings. The maximum atomic E-state index is 13.3. The molecule has 0 radical (unpaired) electrons. The van der Waals surface area contributed by atoms with E-state index in [9.17, 15) is 22.4 Å². The molecule has 0 aromatic heterocycles. The fourth-order valence-corrected chi connectivity index (χ4v) is 4.03. The van der Waals surface area contributed by atoms with E-state index in [1.165, 1.54) is 6.92 Å². The zero-order chi connectivity index (χ0) is 20.9. The molecule has 2 rings (SSSR count). The first kappa shape index (κ1) is 21.8. The second-order valence-electron chi connectivity index (χ2n) is 5.81. The number of rotatable bonds is 7. The van der Waals surface area contributed by atoms with Crippen LogP contribution in [0.2, 0.25) is 5.02 Å². The minimum absolute atomic E-state index is 0.0339. The number of nitrogens with zero attached hydrogens (tertiary/aromatic N) is 1. The summed E-state index contributed by atoms with van der Waals surface area (Å²) in [6, 6.07) is 9.42. The number of halogens is 2. The van der Waals surface area contributed by atoms with E-state index in [1.807, 2.05) is 0 Å². The van der Waals surface area contributed by atoms with Gasteiger partial charge in [0.05, 0.1) is 16.5 Å². The van der Waals surface area contributed by atoms with Crippen molar-refractivity contribution in [1.82, 2.24) is 4.31 Å². The number of carbonyl (C=O) groups is 2. The van der Waals surface area contributed by atoms with Crippen LogP contribution in [0.15, 0.2) is 47.4 Å². The summed E-state index contributed by atoms with van der Waals surface area (Å²) in [6.07, 6.45) is 0. The number of hydrogen-bond acceptors (Lipinski definition) is 4. The Bertz CT molecular complexity index is 981. The highest BCUT2D eigenvalue weighted by atomic mass is 35.5. The lowest BCUT2D eigenvalue weighted by molar-refractivity contribution is -0.116. The van der Waals surface area contributed by atoms with Gasteiger partial charge in [0.1, 0.15) is 5.82 Å². The molecular weight excluding hydrogens is 409 g/mol. The molecule has 0 spiro atoms. The third-order valence-electron chi connectivity index (χ3n) is 3.69. The number of nitrogens with one attached hydrogen (secondary N) is 2. The lowest BCUT2D eigenvalue weighted by Gasteiger charge is -2.20. The van der Waals surface area contributed by atoms with Crippen molar-refractivity contribution in [3.8, 4) is 0 Å². The van der Waals surface area contributed by atoms with E-state index < -0.39 is 28.3 Å². The molecule has 2 N–H and O–H groups in total. The Morgan fingerprint density at radius 3 is 2.14 bits per heavy atom. The molecule has 0 aliphatic rings. The summed E-state index contributed by atoms with van der Waals surface area (Å²) < 4.78 is 39.6. The van der Waals surface area contributed by atoms with Crippen LogP contribution in [0.25, 0.3) is 0 Å². The summed E-state index contributed by atoms with van der Waals surface area (Å²) in [5.41, 5.74) is 1.01. The molecule has 0 atom stereocenters. The van der Waals surface area contributed by atoms with Crippen molar-refractivity contribution in [3.63, 3.8) is 0 Å². The van der Waals surface area contributed by atoms with Crippen LogP contribution in [0.3, 0.4) is 0 Å². The lowest BCUT2D eigenvalue weighted by atomic mass is 10.2. The van der Waals surface area contributed by atoms with Crippen molar-refractivity contribution in [2.75, 3.05) is 23.7 Å². The van der Waals surface area contributed by atoms with Crippen LogP contribution in [-0.4, -0.2) is 37.6 Å². The Balaban J connectivity index is 2.09. The van der Waals surface area contributed by atoms with Gasteiger partial charge in [0.2, 0.25) is 21.8 Å². The molecule has 0 saturated carbocycles. The quantitative estimate of drug-likeness (QED) is 0.709. The largest absolute Gasteiger partial charge is 0.326 e. The molecular formula is C18H19ClFN3O4S. The van der Waals surface area contributed by atoms with Gasteiger partial charge in [0.15, 0.2) is 0 Å². The highest BCUT2D eigenvalue weighted by Crippen LogP contribution is 2.22. The van der Waals surface area contributed by atoms with Gasteiger partial charge >= 0.3 is 0 Å². The molecule has 0 fully saturated rings. The summed E-state index contributed by atoms with van der Waals surface area (Å²) in [4.78, 5) is 23.1. The SMILES string of the molecule is CCN(CC(=O)Nc1ccc(NC(C)=O)cc1)S(=O)(=O)c1ccc(F)c(Cl)c1. The summed E-state index contributed by atoms with van der Waals surface area (Å²) in [5.74, 6) is -1.50. The molecule has 0 heterocycles. The molecule has 0 unspecified atom stereocenters. The van der Waals surface area contributed by atoms with Crippen LogP contribution in [0.5, 0.6) is 0 Å². The maximum absolute atomic E-state index is 13.3. The molecule has 2 amide bonds. The van der Waals surface area contributed by atoms with Crippen LogP contribution in [-0.2, 0) is 19.6 Å². The van der Waals surface area contributed by atoms with E-state index in [-0.39, 0.29) is 22.4 Å². The number of amides is 2. The van der Waals surface area contributed by atoms with E-state index in [4.69, 9.17) is 11.6 Å². The summed E-state index contributed by atoms with van der Waals surface area (Å²) in [7, 11) is -4.02. The standard InChI is InChI=1S/C18H19ClFN3O4S/c1-3-23(28(26,27)15-8-9-17(20)16(19)10-15)11-18(25)22-14-6-4-13(5-7-14)21-12(2)24/h4-10H,3,11H2,1-2H3,(H,21,24)(H,22,25). The Morgan fingerprint density at radius 1 is 1.07 bits per heavy atom. The van der Waals surface area contributed by atoms with Crippen molar-refractivity contribution in [2.24, 2.45) is 0 Å². The van der Waals surface area contributed by atoms with Crippen molar-refractivity contribution in [3.05, 3.63) is 53.3 Å². The van der Waals surface area contributed by atoms with Crippen LogP contribution in [0, 0.1) is 5.82 Å². The average Bonchev–Trinajstić information content (AvgIpc) is 2.63. The summed E-state index contributed by atoms with van der Waals surface area (Å²) in [6.45, 7) is 2.56. The summed E-state index contributed by atoms with van der Waals surface area (Å²) >= 11 is 5.66. The van der Waals surface area contributed by atoms with E-state index in [1.54, 1.807) is 31.2 Å². The van der Waals surface area contributed by atoms with E-state index >= 15 is 0 Å². The van der Waals surface area contributed by atoms with Crippen molar-refractivity contribution in [1.29, 1.82) is 0 Å². The van der Waals surface area contributed by atoms with Gasteiger partial charge in [0, 0.05) is 24.8 Å². The van der Waals surface area contributed by atoms with Crippen LogP contribution in [0.4, 0.5) is 15.8 Å². The van der Waals surface area contributed by atoms with Crippen LogP contribution < -0.4 is 10.6 Å². The number of sulfonamides is 1. The highest BCUT2D eigenvalue weighted by molar-refractivity contribution is 7.89. The number of likely N-dealkylation sites (N-methyl/N-ethyl adjacent to an activating group) is 1. The third kappa shape index (κ3) is 5.51. The predicted octanol–water partition coefficient (Wildman–Crippen LogP) is 3.09. The molecule has 7 nitrogen and oxygen atoms in total. The van der Waals surface area contributed by atoms with E-state index in [2.05, 4.69) is 10.6 Å². The Labute approximate surface area is 167 Å². The molecule has 0 aliphatic carbocycles. The second kappa shape index (κ2) is 9.13. The molecule has 28 heavy (non-hydrogen) atoms. The molecule has 0 saturated heterocycles. The Hall–Kier alpha value is -2.49. The Kier molecular flexibility index (Phi) is 7.11. The molecule has 0 bridgehead atoms. The monoisotopic (exact) mass is 427 g/mol. The first-order valence-electron chi connectivity index (χ1n) is 8.26. The van der Waals surface area contributed by atoms with Gasteiger partial charge in [-0.1, -0.05) is 18.5 Å². The lowest BCUT2D eigenvalue weighted by Crippen LogP contribution is -2.37. The van der Waals surface area contributed by atoms with Gasteiger partial charge in [-0.05, 0) is 42.5 Å². The fraction of sp³-hybridized carbons (Fsp3) is 0.222. The zero-order valence-electron chi connectivity index (χ0n) is 15.2.